The van der Waals surface area contributed by atoms with Crippen molar-refractivity contribution < 1.29 is 4.79 Å². The zero-order chi connectivity index (χ0) is 15.4. The van der Waals surface area contributed by atoms with Crippen LogP contribution in [0.5, 0.6) is 0 Å². The quantitative estimate of drug-likeness (QED) is 0.753. The molecule has 0 spiro atoms. The summed E-state index contributed by atoms with van der Waals surface area (Å²) < 4.78 is 0. The van der Waals surface area contributed by atoms with Gasteiger partial charge in [-0.15, -0.1) is 6.42 Å². The number of amides is 1. The first-order valence-corrected chi connectivity index (χ1v) is 6.81. The Morgan fingerprint density at radius 3 is 2.73 bits per heavy atom. The minimum atomic E-state index is -0.202. The lowest BCUT2D eigenvalue weighted by molar-refractivity contribution is 0.0960. The fourth-order valence-corrected chi connectivity index (χ4v) is 2.26. The average Bonchev–Trinajstić information content (AvgIpc) is 2.59. The van der Waals surface area contributed by atoms with Crippen LogP contribution in [-0.2, 0) is 0 Å². The number of nitrogens with one attached hydrogen (secondary N) is 1. The average molecular weight is 287 g/mol. The number of hydrogen-bond donors (Lipinski definition) is 1. The number of rotatable bonds is 3. The summed E-state index contributed by atoms with van der Waals surface area (Å²) in [5.41, 5.74) is 2.97. The molecule has 0 saturated heterocycles. The van der Waals surface area contributed by atoms with Gasteiger partial charge in [-0.1, -0.05) is 24.1 Å². The van der Waals surface area contributed by atoms with Crippen LogP contribution in [-0.4, -0.2) is 22.4 Å². The maximum Gasteiger partial charge on any atom is 0.252 e. The predicted octanol–water partition coefficient (Wildman–Crippen LogP) is 2.66. The Morgan fingerprint density at radius 1 is 1.18 bits per heavy atom. The number of carbonyl (C=O) groups is 1. The summed E-state index contributed by atoms with van der Waals surface area (Å²) in [4.78, 5) is 21.0. The summed E-state index contributed by atoms with van der Waals surface area (Å²) in [6.45, 7) is 0.195. The monoisotopic (exact) mass is 287 g/mol. The highest BCUT2D eigenvalue weighted by Gasteiger charge is 2.13. The first-order chi connectivity index (χ1) is 10.8. The predicted molar refractivity (Wildman–Crippen MR) is 86.1 cm³/mol. The Bertz CT molecular complexity index is 866. The molecule has 106 valence electrons. The van der Waals surface area contributed by atoms with E-state index in [-0.39, 0.29) is 12.5 Å². The number of nitrogens with zero attached hydrogens (tertiary/aromatic N) is 2. The van der Waals surface area contributed by atoms with Crippen molar-refractivity contribution in [2.75, 3.05) is 6.54 Å². The van der Waals surface area contributed by atoms with Crippen molar-refractivity contribution >= 4 is 16.8 Å². The van der Waals surface area contributed by atoms with Crippen molar-refractivity contribution in [2.45, 2.75) is 0 Å². The Morgan fingerprint density at radius 2 is 1.95 bits per heavy atom. The molecule has 0 atom stereocenters. The van der Waals surface area contributed by atoms with Crippen LogP contribution < -0.4 is 5.32 Å². The molecule has 0 aliphatic carbocycles. The summed E-state index contributed by atoms with van der Waals surface area (Å²) in [5.74, 6) is 2.20. The number of carbonyl (C=O) groups excluding carboxylic acids is 1. The van der Waals surface area contributed by atoms with Crippen LogP contribution in [0, 0.1) is 12.3 Å². The number of terminal acetylenes is 1. The van der Waals surface area contributed by atoms with Gasteiger partial charge in [-0.25, -0.2) is 4.98 Å². The van der Waals surface area contributed by atoms with Crippen LogP contribution in [0.25, 0.3) is 22.2 Å². The third-order valence-corrected chi connectivity index (χ3v) is 3.29. The molecule has 4 nitrogen and oxygen atoms in total. The van der Waals surface area contributed by atoms with Crippen molar-refractivity contribution in [1.82, 2.24) is 15.3 Å². The highest BCUT2D eigenvalue weighted by molar-refractivity contribution is 6.07. The molecule has 0 unspecified atom stereocenters. The fraction of sp³-hybridized carbons (Fsp3) is 0.0556. The molecular weight excluding hydrogens is 274 g/mol. The van der Waals surface area contributed by atoms with Gasteiger partial charge in [-0.3, -0.25) is 9.78 Å². The van der Waals surface area contributed by atoms with Gasteiger partial charge in [0.15, 0.2) is 0 Å². The molecule has 3 rings (SSSR count). The summed E-state index contributed by atoms with van der Waals surface area (Å²) in [7, 11) is 0. The van der Waals surface area contributed by atoms with Crippen LogP contribution in [0.4, 0.5) is 0 Å². The zero-order valence-electron chi connectivity index (χ0n) is 11.8. The van der Waals surface area contributed by atoms with Crippen LogP contribution in [0.1, 0.15) is 10.4 Å². The lowest BCUT2D eigenvalue weighted by Gasteiger charge is -2.09. The van der Waals surface area contributed by atoms with Gasteiger partial charge < -0.3 is 5.32 Å². The molecule has 1 N–H and O–H groups in total. The Labute approximate surface area is 128 Å². The second-order valence-corrected chi connectivity index (χ2v) is 4.69. The van der Waals surface area contributed by atoms with E-state index in [2.05, 4.69) is 21.2 Å². The number of para-hydroxylation sites is 1. The van der Waals surface area contributed by atoms with E-state index in [1.54, 1.807) is 18.5 Å². The first kappa shape index (κ1) is 13.8. The third kappa shape index (κ3) is 2.65. The van der Waals surface area contributed by atoms with Crippen molar-refractivity contribution in [3.63, 3.8) is 0 Å². The minimum absolute atomic E-state index is 0.195. The minimum Gasteiger partial charge on any atom is -0.341 e. The zero-order valence-corrected chi connectivity index (χ0v) is 11.8. The number of hydrogen-bond acceptors (Lipinski definition) is 3. The molecule has 0 aliphatic heterocycles. The Hall–Kier alpha value is -3.19. The van der Waals surface area contributed by atoms with Gasteiger partial charge in [0.2, 0.25) is 0 Å². The third-order valence-electron chi connectivity index (χ3n) is 3.29. The highest BCUT2D eigenvalue weighted by atomic mass is 16.1. The SMILES string of the molecule is C#CCNC(=O)c1cc(-c2ccncc2)nc2ccccc12. The van der Waals surface area contributed by atoms with E-state index in [0.717, 1.165) is 22.2 Å². The topological polar surface area (TPSA) is 54.9 Å². The number of aromatic nitrogens is 2. The van der Waals surface area contributed by atoms with E-state index in [4.69, 9.17) is 6.42 Å². The number of benzene rings is 1. The second-order valence-electron chi connectivity index (χ2n) is 4.69. The van der Waals surface area contributed by atoms with E-state index in [1.807, 2.05) is 36.4 Å². The Balaban J connectivity index is 2.17. The molecule has 0 saturated carbocycles. The van der Waals surface area contributed by atoms with Crippen molar-refractivity contribution in [3.05, 3.63) is 60.4 Å². The van der Waals surface area contributed by atoms with E-state index >= 15 is 0 Å². The number of fused-ring (bicyclic) bond motifs is 1. The molecule has 1 aromatic carbocycles. The van der Waals surface area contributed by atoms with Crippen LogP contribution in [0.3, 0.4) is 0 Å². The van der Waals surface area contributed by atoms with Crippen molar-refractivity contribution in [3.8, 4) is 23.6 Å². The van der Waals surface area contributed by atoms with Gasteiger partial charge in [-0.2, -0.15) is 0 Å². The molecule has 1 amide bonds. The normalized spacial score (nSPS) is 10.1. The smallest absolute Gasteiger partial charge is 0.252 e. The molecule has 22 heavy (non-hydrogen) atoms. The van der Waals surface area contributed by atoms with Gasteiger partial charge >= 0.3 is 0 Å². The Kier molecular flexibility index (Phi) is 3.80. The van der Waals surface area contributed by atoms with Crippen LogP contribution in [0.15, 0.2) is 54.9 Å². The van der Waals surface area contributed by atoms with Gasteiger partial charge in [-0.05, 0) is 24.3 Å². The first-order valence-electron chi connectivity index (χ1n) is 6.81. The molecule has 4 heteroatoms. The standard InChI is InChI=1S/C18H13N3O/c1-2-9-20-18(22)15-12-17(13-7-10-19-11-8-13)21-16-6-4-3-5-14(15)16/h1,3-8,10-12H,9H2,(H,20,22). The molecule has 0 aliphatic rings. The molecule has 0 bridgehead atoms. The van der Waals surface area contributed by atoms with Crippen molar-refractivity contribution in [1.29, 1.82) is 0 Å². The fourth-order valence-electron chi connectivity index (χ4n) is 2.26. The lowest BCUT2D eigenvalue weighted by atomic mass is 10.0. The van der Waals surface area contributed by atoms with E-state index in [1.165, 1.54) is 0 Å². The van der Waals surface area contributed by atoms with Gasteiger partial charge in [0.05, 0.1) is 23.3 Å². The molecular formula is C18H13N3O. The van der Waals surface area contributed by atoms with Gasteiger partial charge in [0, 0.05) is 23.3 Å². The molecule has 0 radical (unpaired) electrons. The van der Waals surface area contributed by atoms with Crippen LogP contribution >= 0.6 is 0 Å². The highest BCUT2D eigenvalue weighted by Crippen LogP contribution is 2.24. The summed E-state index contributed by atoms with van der Waals surface area (Å²) in [5, 5.41) is 3.51. The summed E-state index contributed by atoms with van der Waals surface area (Å²) in [6.07, 6.45) is 8.60. The molecule has 2 aromatic heterocycles. The van der Waals surface area contributed by atoms with Gasteiger partial charge in [0.1, 0.15) is 0 Å². The second kappa shape index (κ2) is 6.06. The lowest BCUT2D eigenvalue weighted by Crippen LogP contribution is -2.23. The molecule has 2 heterocycles. The van der Waals surface area contributed by atoms with E-state index in [9.17, 15) is 4.79 Å². The number of pyridine rings is 2. The largest absolute Gasteiger partial charge is 0.341 e. The summed E-state index contributed by atoms with van der Waals surface area (Å²) in [6, 6.07) is 13.0. The molecule has 3 aromatic rings. The maximum atomic E-state index is 12.4. The molecule has 0 fully saturated rings. The van der Waals surface area contributed by atoms with Crippen molar-refractivity contribution in [2.24, 2.45) is 0 Å². The summed E-state index contributed by atoms with van der Waals surface area (Å²) >= 11 is 0. The van der Waals surface area contributed by atoms with Crippen LogP contribution in [0.2, 0.25) is 0 Å². The maximum absolute atomic E-state index is 12.4. The van der Waals surface area contributed by atoms with E-state index in [0.29, 0.717) is 5.56 Å². The van der Waals surface area contributed by atoms with E-state index < -0.39 is 0 Å². The van der Waals surface area contributed by atoms with Gasteiger partial charge in [0.25, 0.3) is 5.91 Å².